The Morgan fingerprint density at radius 1 is 1.08 bits per heavy atom. The molecule has 1 aromatic carbocycles. The van der Waals surface area contributed by atoms with Gasteiger partial charge in [0.1, 0.15) is 19.0 Å². The number of aromatic nitrogens is 2. The number of fused-ring (bicyclic) bond motifs is 2. The summed E-state index contributed by atoms with van der Waals surface area (Å²) in [6.45, 7) is 1.17. The summed E-state index contributed by atoms with van der Waals surface area (Å²) in [4.78, 5) is 4.56. The van der Waals surface area contributed by atoms with Gasteiger partial charge in [0.2, 0.25) is 0 Å². The molecule has 0 unspecified atom stereocenters. The number of pyridine rings is 1. The fraction of sp³-hybridized carbons (Fsp3) is 0.150. The molecule has 1 N–H and O–H groups in total. The van der Waals surface area contributed by atoms with Crippen molar-refractivity contribution in [1.29, 1.82) is 0 Å². The lowest BCUT2D eigenvalue weighted by Gasteiger charge is -2.19. The number of nitrogens with one attached hydrogen (secondary N) is 1. The number of benzene rings is 1. The van der Waals surface area contributed by atoms with Gasteiger partial charge in [-0.3, -0.25) is 0 Å². The van der Waals surface area contributed by atoms with Gasteiger partial charge >= 0.3 is 0 Å². The van der Waals surface area contributed by atoms with E-state index in [1.54, 1.807) is 11.3 Å². The van der Waals surface area contributed by atoms with Crippen molar-refractivity contribution in [2.24, 2.45) is 7.05 Å². The van der Waals surface area contributed by atoms with Gasteiger partial charge in [-0.1, -0.05) is 0 Å². The zero-order valence-electron chi connectivity index (χ0n) is 14.2. The van der Waals surface area contributed by atoms with Crippen LogP contribution in [-0.2, 0) is 7.05 Å². The first-order chi connectivity index (χ1) is 12.8. The lowest BCUT2D eigenvalue weighted by molar-refractivity contribution is 0.171. The molecule has 5 rings (SSSR count). The number of hydrogen-bond acceptors (Lipinski definition) is 5. The maximum absolute atomic E-state index is 5.67. The molecule has 26 heavy (non-hydrogen) atoms. The van der Waals surface area contributed by atoms with Crippen LogP contribution >= 0.6 is 11.3 Å². The quantitative estimate of drug-likeness (QED) is 0.567. The smallest absolute Gasteiger partial charge is 0.163 e. The van der Waals surface area contributed by atoms with E-state index >= 15 is 0 Å². The molecular weight excluding hydrogens is 346 g/mol. The fourth-order valence-corrected chi connectivity index (χ4v) is 3.96. The monoisotopic (exact) mass is 363 g/mol. The Balaban J connectivity index is 1.56. The van der Waals surface area contributed by atoms with E-state index in [4.69, 9.17) is 9.47 Å². The van der Waals surface area contributed by atoms with Crippen LogP contribution in [0.25, 0.3) is 22.2 Å². The second-order valence-corrected chi connectivity index (χ2v) is 6.96. The lowest BCUT2D eigenvalue weighted by Crippen LogP contribution is -2.15. The second kappa shape index (κ2) is 6.07. The largest absolute Gasteiger partial charge is 0.486 e. The highest BCUT2D eigenvalue weighted by Gasteiger charge is 2.15. The van der Waals surface area contributed by atoms with Crippen LogP contribution in [0, 0.1) is 0 Å². The number of nitrogens with zero attached hydrogens (tertiary/aromatic N) is 2. The number of hydrogen-bond donors (Lipinski definition) is 1. The minimum absolute atomic E-state index is 0.576. The maximum Gasteiger partial charge on any atom is 0.163 e. The Labute approximate surface area is 154 Å². The minimum atomic E-state index is 0.576. The van der Waals surface area contributed by atoms with Crippen LogP contribution < -0.4 is 14.8 Å². The third kappa shape index (κ3) is 2.50. The van der Waals surface area contributed by atoms with Crippen molar-refractivity contribution in [3.8, 4) is 22.8 Å². The second-order valence-electron chi connectivity index (χ2n) is 6.18. The van der Waals surface area contributed by atoms with Gasteiger partial charge in [-0.15, -0.1) is 0 Å². The summed E-state index contributed by atoms with van der Waals surface area (Å²) in [6.07, 6.45) is 1.83. The predicted octanol–water partition coefficient (Wildman–Crippen LogP) is 4.82. The Bertz CT molecular complexity index is 1090. The Hall–Kier alpha value is -2.99. The van der Waals surface area contributed by atoms with Crippen LogP contribution in [0.1, 0.15) is 0 Å². The van der Waals surface area contributed by atoms with Crippen LogP contribution in [0.5, 0.6) is 11.5 Å². The van der Waals surface area contributed by atoms with Crippen molar-refractivity contribution in [3.05, 3.63) is 53.4 Å². The Morgan fingerprint density at radius 2 is 1.96 bits per heavy atom. The van der Waals surface area contributed by atoms with Crippen LogP contribution in [-0.4, -0.2) is 22.8 Å². The highest BCUT2D eigenvalue weighted by Crippen LogP contribution is 2.36. The van der Waals surface area contributed by atoms with E-state index in [2.05, 4.69) is 44.8 Å². The molecule has 130 valence electrons. The summed E-state index contributed by atoms with van der Waals surface area (Å²) in [6, 6.07) is 12.2. The number of rotatable bonds is 3. The van der Waals surface area contributed by atoms with Gasteiger partial charge in [-0.05, 0) is 35.7 Å². The summed E-state index contributed by atoms with van der Waals surface area (Å²) in [5.74, 6) is 2.38. The van der Waals surface area contributed by atoms with Gasteiger partial charge in [0.25, 0.3) is 0 Å². The fourth-order valence-electron chi connectivity index (χ4n) is 3.31. The topological polar surface area (TPSA) is 48.3 Å². The molecule has 0 aliphatic carbocycles. The molecule has 0 amide bonds. The van der Waals surface area contributed by atoms with Crippen molar-refractivity contribution >= 4 is 33.7 Å². The van der Waals surface area contributed by atoms with Crippen molar-refractivity contribution < 1.29 is 9.47 Å². The number of thiophene rings is 1. The molecule has 0 spiro atoms. The molecule has 0 bridgehead atoms. The summed E-state index contributed by atoms with van der Waals surface area (Å²) in [5.41, 5.74) is 4.47. The third-order valence-electron chi connectivity index (χ3n) is 4.59. The molecule has 0 radical (unpaired) electrons. The average molecular weight is 363 g/mol. The standard InChI is InChI=1S/C20H17N3O2S/c1-23-16-4-6-21-20(15(16)11-17(23)13-5-9-26-12-13)22-14-2-3-18-19(10-14)25-8-7-24-18/h2-6,9-12H,7-8H2,1H3,(H,21,22). The van der Waals surface area contributed by atoms with Gasteiger partial charge in [-0.2, -0.15) is 11.3 Å². The van der Waals surface area contributed by atoms with E-state index in [1.165, 1.54) is 11.3 Å². The number of ether oxygens (including phenoxy) is 2. The Morgan fingerprint density at radius 3 is 2.81 bits per heavy atom. The summed E-state index contributed by atoms with van der Waals surface area (Å²) in [7, 11) is 2.09. The third-order valence-corrected chi connectivity index (χ3v) is 5.28. The zero-order valence-corrected chi connectivity index (χ0v) is 15.0. The predicted molar refractivity (Wildman–Crippen MR) is 105 cm³/mol. The molecule has 1 aliphatic heterocycles. The summed E-state index contributed by atoms with van der Waals surface area (Å²) >= 11 is 1.70. The normalized spacial score (nSPS) is 13.1. The van der Waals surface area contributed by atoms with E-state index < -0.39 is 0 Å². The molecule has 4 aromatic rings. The SMILES string of the molecule is Cn1c(-c2ccsc2)cc2c(Nc3ccc4c(c3)OCCO4)nccc21. The number of anilines is 2. The van der Waals surface area contributed by atoms with Gasteiger partial charge in [0.15, 0.2) is 11.5 Å². The molecule has 3 aromatic heterocycles. The molecule has 1 aliphatic rings. The van der Waals surface area contributed by atoms with E-state index in [0.29, 0.717) is 13.2 Å². The number of aryl methyl sites for hydroxylation is 1. The van der Waals surface area contributed by atoms with Crippen LogP contribution in [0.3, 0.4) is 0 Å². The van der Waals surface area contributed by atoms with Crippen LogP contribution in [0.15, 0.2) is 53.4 Å². The van der Waals surface area contributed by atoms with E-state index in [0.717, 1.165) is 33.9 Å². The maximum atomic E-state index is 5.67. The first-order valence-corrected chi connectivity index (χ1v) is 9.37. The van der Waals surface area contributed by atoms with E-state index in [-0.39, 0.29) is 0 Å². The van der Waals surface area contributed by atoms with Gasteiger partial charge in [-0.25, -0.2) is 4.98 Å². The van der Waals surface area contributed by atoms with Crippen LogP contribution in [0.4, 0.5) is 11.5 Å². The molecule has 4 heterocycles. The van der Waals surface area contributed by atoms with Crippen molar-refractivity contribution in [1.82, 2.24) is 9.55 Å². The average Bonchev–Trinajstić information content (AvgIpc) is 3.31. The zero-order chi connectivity index (χ0) is 17.5. The molecule has 0 fully saturated rings. The van der Waals surface area contributed by atoms with E-state index in [1.807, 2.05) is 30.5 Å². The highest BCUT2D eigenvalue weighted by molar-refractivity contribution is 7.08. The van der Waals surface area contributed by atoms with Crippen LogP contribution in [0.2, 0.25) is 0 Å². The van der Waals surface area contributed by atoms with E-state index in [9.17, 15) is 0 Å². The molecule has 0 saturated carbocycles. The summed E-state index contributed by atoms with van der Waals surface area (Å²) in [5, 5.41) is 8.77. The van der Waals surface area contributed by atoms with Crippen molar-refractivity contribution in [3.63, 3.8) is 0 Å². The summed E-state index contributed by atoms with van der Waals surface area (Å²) < 4.78 is 13.5. The molecule has 5 nitrogen and oxygen atoms in total. The van der Waals surface area contributed by atoms with Crippen molar-refractivity contribution in [2.45, 2.75) is 0 Å². The van der Waals surface area contributed by atoms with Gasteiger partial charge in [0, 0.05) is 47.0 Å². The molecule has 6 heteroatoms. The first kappa shape index (κ1) is 15.3. The van der Waals surface area contributed by atoms with Gasteiger partial charge < -0.3 is 19.4 Å². The molecular formula is C20H17N3O2S. The first-order valence-electron chi connectivity index (χ1n) is 8.43. The lowest BCUT2D eigenvalue weighted by atomic mass is 10.2. The minimum Gasteiger partial charge on any atom is -0.486 e. The Kier molecular flexibility index (Phi) is 3.57. The molecule has 0 saturated heterocycles. The van der Waals surface area contributed by atoms with Crippen molar-refractivity contribution in [2.75, 3.05) is 18.5 Å². The van der Waals surface area contributed by atoms with Gasteiger partial charge in [0.05, 0.1) is 5.52 Å². The molecule has 0 atom stereocenters. The highest BCUT2D eigenvalue weighted by atomic mass is 32.1.